The van der Waals surface area contributed by atoms with Gasteiger partial charge in [-0.3, -0.25) is 14.7 Å². The van der Waals surface area contributed by atoms with Crippen LogP contribution in [0.1, 0.15) is 24.7 Å². The molecule has 5 heteroatoms. The molecule has 1 saturated heterocycles. The van der Waals surface area contributed by atoms with Crippen LogP contribution in [0.25, 0.3) is 0 Å². The average molecular weight is 277 g/mol. The number of carbonyl (C=O) groups excluding carboxylic acids is 1. The number of hydrogen-bond donors (Lipinski definition) is 1. The van der Waals surface area contributed by atoms with Crippen molar-refractivity contribution in [3.8, 4) is 0 Å². The second kappa shape index (κ2) is 7.36. The van der Waals surface area contributed by atoms with E-state index in [1.807, 2.05) is 25.1 Å². The van der Waals surface area contributed by atoms with Crippen LogP contribution in [0.3, 0.4) is 0 Å². The molecule has 0 aromatic carbocycles. The molecule has 0 radical (unpaired) electrons. The van der Waals surface area contributed by atoms with Crippen molar-refractivity contribution in [2.45, 2.75) is 32.9 Å². The van der Waals surface area contributed by atoms with E-state index in [0.717, 1.165) is 37.7 Å². The molecule has 1 aliphatic heterocycles. The number of hydrogen-bond acceptors (Lipinski definition) is 4. The van der Waals surface area contributed by atoms with E-state index >= 15 is 0 Å². The molecule has 1 atom stereocenters. The molecule has 2 heterocycles. The van der Waals surface area contributed by atoms with Crippen molar-refractivity contribution in [3.05, 3.63) is 29.6 Å². The van der Waals surface area contributed by atoms with Crippen LogP contribution in [0.15, 0.2) is 18.2 Å². The van der Waals surface area contributed by atoms with E-state index in [1.54, 1.807) is 0 Å². The van der Waals surface area contributed by atoms with Crippen molar-refractivity contribution in [1.82, 2.24) is 15.2 Å². The van der Waals surface area contributed by atoms with E-state index in [0.29, 0.717) is 13.0 Å². The summed E-state index contributed by atoms with van der Waals surface area (Å²) < 4.78 is 5.32. The van der Waals surface area contributed by atoms with Gasteiger partial charge in [-0.1, -0.05) is 6.07 Å². The fourth-order valence-corrected chi connectivity index (χ4v) is 2.37. The number of rotatable bonds is 5. The predicted molar refractivity (Wildman–Crippen MR) is 77.3 cm³/mol. The molecule has 20 heavy (non-hydrogen) atoms. The highest BCUT2D eigenvalue weighted by atomic mass is 16.5. The Kier molecular flexibility index (Phi) is 5.49. The normalized spacial score (nSPS) is 17.7. The van der Waals surface area contributed by atoms with Crippen molar-refractivity contribution >= 4 is 5.91 Å². The van der Waals surface area contributed by atoms with Crippen molar-refractivity contribution in [2.75, 3.05) is 26.3 Å². The highest BCUT2D eigenvalue weighted by Crippen LogP contribution is 2.07. The molecular formula is C15H23N3O2. The van der Waals surface area contributed by atoms with E-state index < -0.39 is 0 Å². The van der Waals surface area contributed by atoms with Crippen LogP contribution in [0, 0.1) is 6.92 Å². The Morgan fingerprint density at radius 3 is 2.90 bits per heavy atom. The number of ether oxygens (including phenoxy) is 1. The molecule has 1 amide bonds. The first-order chi connectivity index (χ1) is 9.65. The quantitative estimate of drug-likeness (QED) is 0.876. The van der Waals surface area contributed by atoms with Crippen molar-refractivity contribution < 1.29 is 9.53 Å². The van der Waals surface area contributed by atoms with Crippen LogP contribution >= 0.6 is 0 Å². The Balaban J connectivity index is 1.74. The third-order valence-electron chi connectivity index (χ3n) is 3.56. The van der Waals surface area contributed by atoms with Crippen LogP contribution in [-0.2, 0) is 16.1 Å². The first kappa shape index (κ1) is 14.9. The third-order valence-corrected chi connectivity index (χ3v) is 3.56. The third kappa shape index (κ3) is 4.58. The number of aryl methyl sites for hydroxylation is 1. The molecule has 110 valence electrons. The first-order valence-electron chi connectivity index (χ1n) is 7.16. The number of nitrogens with zero attached hydrogens (tertiary/aromatic N) is 2. The maximum absolute atomic E-state index is 12.0. The minimum absolute atomic E-state index is 0.0762. The van der Waals surface area contributed by atoms with Crippen LogP contribution in [0.4, 0.5) is 0 Å². The highest BCUT2D eigenvalue weighted by molar-refractivity contribution is 5.76. The fourth-order valence-electron chi connectivity index (χ4n) is 2.37. The van der Waals surface area contributed by atoms with Crippen LogP contribution in [0.5, 0.6) is 0 Å². The molecule has 1 aromatic heterocycles. The summed E-state index contributed by atoms with van der Waals surface area (Å²) in [5, 5.41) is 2.94. The summed E-state index contributed by atoms with van der Waals surface area (Å²) in [6, 6.07) is 6.09. The molecular weight excluding hydrogens is 254 g/mol. The minimum Gasteiger partial charge on any atom is -0.379 e. The van der Waals surface area contributed by atoms with Gasteiger partial charge in [0.1, 0.15) is 0 Å². The van der Waals surface area contributed by atoms with Gasteiger partial charge in [0, 0.05) is 31.2 Å². The average Bonchev–Trinajstić information content (AvgIpc) is 2.46. The monoisotopic (exact) mass is 277 g/mol. The van der Waals surface area contributed by atoms with Gasteiger partial charge in [0.05, 0.1) is 25.5 Å². The SMILES string of the molecule is Cc1cccc(CNC(=O)CC(C)N2CCOCC2)n1. The molecule has 5 nitrogen and oxygen atoms in total. The summed E-state index contributed by atoms with van der Waals surface area (Å²) in [6.45, 7) is 7.89. The van der Waals surface area contributed by atoms with Gasteiger partial charge in [0.2, 0.25) is 5.91 Å². The van der Waals surface area contributed by atoms with Gasteiger partial charge in [-0.2, -0.15) is 0 Å². The highest BCUT2D eigenvalue weighted by Gasteiger charge is 2.19. The Labute approximate surface area is 120 Å². The number of carbonyl (C=O) groups is 1. The number of nitrogens with one attached hydrogen (secondary N) is 1. The maximum Gasteiger partial charge on any atom is 0.221 e. The van der Waals surface area contributed by atoms with Gasteiger partial charge < -0.3 is 10.1 Å². The molecule has 1 aromatic rings. The Hall–Kier alpha value is -1.46. The van der Waals surface area contributed by atoms with Crippen LogP contribution in [0.2, 0.25) is 0 Å². The largest absolute Gasteiger partial charge is 0.379 e. The van der Waals surface area contributed by atoms with E-state index in [9.17, 15) is 4.79 Å². The summed E-state index contributed by atoms with van der Waals surface area (Å²) in [5.74, 6) is 0.0762. The molecule has 1 N–H and O–H groups in total. The smallest absolute Gasteiger partial charge is 0.221 e. The van der Waals surface area contributed by atoms with Gasteiger partial charge in [-0.05, 0) is 26.0 Å². The lowest BCUT2D eigenvalue weighted by Crippen LogP contribution is -2.44. The minimum atomic E-state index is 0.0762. The van der Waals surface area contributed by atoms with Crippen molar-refractivity contribution in [2.24, 2.45) is 0 Å². The molecule has 1 unspecified atom stereocenters. The lowest BCUT2D eigenvalue weighted by molar-refractivity contribution is -0.122. The molecule has 2 rings (SSSR count). The fraction of sp³-hybridized carbons (Fsp3) is 0.600. The van der Waals surface area contributed by atoms with Gasteiger partial charge in [-0.25, -0.2) is 0 Å². The summed E-state index contributed by atoms with van der Waals surface area (Å²) >= 11 is 0. The Bertz CT molecular complexity index is 444. The second-order valence-corrected chi connectivity index (χ2v) is 5.25. The maximum atomic E-state index is 12.0. The number of morpholine rings is 1. The Morgan fingerprint density at radius 1 is 1.45 bits per heavy atom. The summed E-state index contributed by atoms with van der Waals surface area (Å²) in [7, 11) is 0. The van der Waals surface area contributed by atoms with Gasteiger partial charge >= 0.3 is 0 Å². The van der Waals surface area contributed by atoms with E-state index in [1.165, 1.54) is 0 Å². The van der Waals surface area contributed by atoms with Gasteiger partial charge in [0.25, 0.3) is 0 Å². The first-order valence-corrected chi connectivity index (χ1v) is 7.16. The number of amides is 1. The Morgan fingerprint density at radius 2 is 2.20 bits per heavy atom. The predicted octanol–water partition coefficient (Wildman–Crippen LogP) is 1.12. The summed E-state index contributed by atoms with van der Waals surface area (Å²) in [6.07, 6.45) is 0.520. The zero-order valence-electron chi connectivity index (χ0n) is 12.3. The number of aromatic nitrogens is 1. The van der Waals surface area contributed by atoms with E-state index in [2.05, 4.69) is 22.1 Å². The zero-order valence-corrected chi connectivity index (χ0v) is 12.3. The van der Waals surface area contributed by atoms with Crippen molar-refractivity contribution in [3.63, 3.8) is 0 Å². The standard InChI is InChI=1S/C15H23N3O2/c1-12-4-3-5-14(17-12)11-16-15(19)10-13(2)18-6-8-20-9-7-18/h3-5,13H,6-11H2,1-2H3,(H,16,19). The lowest BCUT2D eigenvalue weighted by Gasteiger charge is -2.31. The van der Waals surface area contributed by atoms with Gasteiger partial charge in [-0.15, -0.1) is 0 Å². The topological polar surface area (TPSA) is 54.5 Å². The second-order valence-electron chi connectivity index (χ2n) is 5.25. The van der Waals surface area contributed by atoms with E-state index in [-0.39, 0.29) is 11.9 Å². The van der Waals surface area contributed by atoms with Crippen LogP contribution in [-0.4, -0.2) is 48.1 Å². The molecule has 0 spiro atoms. The van der Waals surface area contributed by atoms with Gasteiger partial charge in [0.15, 0.2) is 0 Å². The molecule has 0 saturated carbocycles. The molecule has 1 fully saturated rings. The molecule has 0 aliphatic carbocycles. The summed E-state index contributed by atoms with van der Waals surface area (Å²) in [4.78, 5) is 18.6. The molecule has 1 aliphatic rings. The van der Waals surface area contributed by atoms with E-state index in [4.69, 9.17) is 4.74 Å². The van der Waals surface area contributed by atoms with Crippen LogP contribution < -0.4 is 5.32 Å². The zero-order chi connectivity index (χ0) is 14.4. The molecule has 0 bridgehead atoms. The number of pyridine rings is 1. The lowest BCUT2D eigenvalue weighted by atomic mass is 10.2. The summed E-state index contributed by atoms with van der Waals surface area (Å²) in [5.41, 5.74) is 1.87. The van der Waals surface area contributed by atoms with Crippen molar-refractivity contribution in [1.29, 1.82) is 0 Å².